The smallest absolute Gasteiger partial charge is 0.321 e. The molecule has 1 aromatic rings. The molecule has 0 saturated heterocycles. The number of carboxylic acids is 1. The number of benzene rings is 1. The standard InChI is InChI=1S/C14H17N3O3/c1-9(13(18)19)8-17(3)14(20)16-12-6-4-5-11(7-15)10(12)2/h4-6,9H,8H2,1-3H3,(H,16,20)(H,18,19). The van der Waals surface area contributed by atoms with Crippen LogP contribution in [0.15, 0.2) is 18.2 Å². The lowest BCUT2D eigenvalue weighted by Gasteiger charge is -2.20. The SMILES string of the molecule is Cc1c(C#N)cccc1NC(=O)N(C)CC(C)C(=O)O. The summed E-state index contributed by atoms with van der Waals surface area (Å²) in [5, 5.41) is 20.4. The van der Waals surface area contributed by atoms with Crippen LogP contribution >= 0.6 is 0 Å². The molecule has 106 valence electrons. The Hall–Kier alpha value is -2.55. The van der Waals surface area contributed by atoms with E-state index in [0.717, 1.165) is 0 Å². The van der Waals surface area contributed by atoms with Crippen LogP contribution in [0, 0.1) is 24.2 Å². The first-order valence-corrected chi connectivity index (χ1v) is 6.11. The maximum atomic E-state index is 12.0. The van der Waals surface area contributed by atoms with Crippen molar-refractivity contribution in [2.24, 2.45) is 5.92 Å². The Morgan fingerprint density at radius 1 is 1.50 bits per heavy atom. The van der Waals surface area contributed by atoms with Crippen LogP contribution in [0.1, 0.15) is 18.1 Å². The number of aliphatic carboxylic acids is 1. The van der Waals surface area contributed by atoms with Gasteiger partial charge in [0.05, 0.1) is 17.6 Å². The largest absolute Gasteiger partial charge is 0.481 e. The highest BCUT2D eigenvalue weighted by molar-refractivity contribution is 5.90. The minimum absolute atomic E-state index is 0.109. The Bertz CT molecular complexity index is 563. The predicted octanol–water partition coefficient (Wildman–Crippen LogP) is 2.05. The summed E-state index contributed by atoms with van der Waals surface area (Å²) in [6, 6.07) is 6.68. The second-order valence-electron chi connectivity index (χ2n) is 4.64. The summed E-state index contributed by atoms with van der Waals surface area (Å²) in [7, 11) is 1.53. The zero-order valence-corrected chi connectivity index (χ0v) is 11.7. The summed E-state index contributed by atoms with van der Waals surface area (Å²) in [6.07, 6.45) is 0. The van der Waals surface area contributed by atoms with Gasteiger partial charge in [-0.25, -0.2) is 4.79 Å². The Morgan fingerprint density at radius 3 is 2.70 bits per heavy atom. The number of nitrogens with zero attached hydrogens (tertiary/aromatic N) is 2. The maximum absolute atomic E-state index is 12.0. The lowest BCUT2D eigenvalue weighted by Crippen LogP contribution is -2.36. The van der Waals surface area contributed by atoms with Gasteiger partial charge in [0, 0.05) is 19.3 Å². The van der Waals surface area contributed by atoms with Crippen molar-refractivity contribution in [1.29, 1.82) is 5.26 Å². The lowest BCUT2D eigenvalue weighted by molar-refractivity contribution is -0.141. The molecule has 0 aliphatic heterocycles. The predicted molar refractivity (Wildman–Crippen MR) is 74.3 cm³/mol. The molecular formula is C14H17N3O3. The fourth-order valence-corrected chi connectivity index (χ4v) is 1.67. The second-order valence-corrected chi connectivity index (χ2v) is 4.64. The molecule has 1 unspecified atom stereocenters. The number of hydrogen-bond donors (Lipinski definition) is 2. The fourth-order valence-electron chi connectivity index (χ4n) is 1.67. The van der Waals surface area contributed by atoms with E-state index in [2.05, 4.69) is 5.32 Å². The first kappa shape index (κ1) is 15.5. The molecule has 0 aromatic heterocycles. The van der Waals surface area contributed by atoms with Crippen LogP contribution in [-0.2, 0) is 4.79 Å². The van der Waals surface area contributed by atoms with Crippen molar-refractivity contribution < 1.29 is 14.7 Å². The molecule has 0 fully saturated rings. The van der Waals surface area contributed by atoms with E-state index in [1.807, 2.05) is 6.07 Å². The van der Waals surface area contributed by atoms with Gasteiger partial charge in [0.2, 0.25) is 0 Å². The molecule has 1 atom stereocenters. The molecule has 2 amide bonds. The molecule has 2 N–H and O–H groups in total. The number of carboxylic acid groups (broad SMARTS) is 1. The van der Waals surface area contributed by atoms with Crippen molar-refractivity contribution in [3.8, 4) is 6.07 Å². The molecule has 0 radical (unpaired) electrons. The van der Waals surface area contributed by atoms with E-state index in [1.165, 1.54) is 18.9 Å². The van der Waals surface area contributed by atoms with Gasteiger partial charge in [-0.2, -0.15) is 5.26 Å². The van der Waals surface area contributed by atoms with Gasteiger partial charge < -0.3 is 15.3 Å². The Morgan fingerprint density at radius 2 is 2.15 bits per heavy atom. The molecule has 1 rings (SSSR count). The van der Waals surface area contributed by atoms with Gasteiger partial charge in [-0.15, -0.1) is 0 Å². The molecule has 6 heteroatoms. The molecule has 0 aliphatic carbocycles. The van der Waals surface area contributed by atoms with Gasteiger partial charge in [0.1, 0.15) is 0 Å². The van der Waals surface area contributed by atoms with E-state index in [1.54, 1.807) is 25.1 Å². The Balaban J connectivity index is 2.76. The van der Waals surface area contributed by atoms with Crippen LogP contribution in [0.2, 0.25) is 0 Å². The fraction of sp³-hybridized carbons (Fsp3) is 0.357. The third kappa shape index (κ3) is 3.72. The molecule has 0 bridgehead atoms. The van der Waals surface area contributed by atoms with E-state index in [9.17, 15) is 9.59 Å². The Labute approximate surface area is 117 Å². The molecule has 0 aliphatic rings. The normalized spacial score (nSPS) is 11.3. The molecule has 0 heterocycles. The number of rotatable bonds is 4. The van der Waals surface area contributed by atoms with E-state index in [-0.39, 0.29) is 6.54 Å². The van der Waals surface area contributed by atoms with Gasteiger partial charge in [-0.3, -0.25) is 4.79 Å². The van der Waals surface area contributed by atoms with Gasteiger partial charge in [0.15, 0.2) is 0 Å². The number of urea groups is 1. The maximum Gasteiger partial charge on any atom is 0.321 e. The van der Waals surface area contributed by atoms with Crippen molar-refractivity contribution in [2.45, 2.75) is 13.8 Å². The summed E-state index contributed by atoms with van der Waals surface area (Å²) in [6.45, 7) is 3.39. The number of amides is 2. The number of nitrogens with one attached hydrogen (secondary N) is 1. The monoisotopic (exact) mass is 275 g/mol. The number of nitriles is 1. The van der Waals surface area contributed by atoms with Crippen LogP contribution in [0.3, 0.4) is 0 Å². The van der Waals surface area contributed by atoms with Crippen LogP contribution in [0.25, 0.3) is 0 Å². The zero-order valence-electron chi connectivity index (χ0n) is 11.7. The summed E-state index contributed by atoms with van der Waals surface area (Å²) in [4.78, 5) is 24.0. The van der Waals surface area contributed by atoms with E-state index in [0.29, 0.717) is 16.8 Å². The minimum Gasteiger partial charge on any atom is -0.481 e. The van der Waals surface area contributed by atoms with Crippen LogP contribution in [0.5, 0.6) is 0 Å². The highest BCUT2D eigenvalue weighted by Gasteiger charge is 2.18. The number of hydrogen-bond acceptors (Lipinski definition) is 3. The third-order valence-electron chi connectivity index (χ3n) is 3.01. The summed E-state index contributed by atoms with van der Waals surface area (Å²) < 4.78 is 0. The van der Waals surface area contributed by atoms with Crippen molar-refractivity contribution in [3.05, 3.63) is 29.3 Å². The van der Waals surface area contributed by atoms with Crippen molar-refractivity contribution in [2.75, 3.05) is 18.9 Å². The van der Waals surface area contributed by atoms with Gasteiger partial charge in [0.25, 0.3) is 0 Å². The number of anilines is 1. The molecular weight excluding hydrogens is 258 g/mol. The first-order valence-electron chi connectivity index (χ1n) is 6.11. The molecule has 0 saturated carbocycles. The minimum atomic E-state index is -0.952. The van der Waals surface area contributed by atoms with E-state index < -0.39 is 17.9 Å². The Kier molecular flexibility index (Phi) is 5.09. The van der Waals surface area contributed by atoms with Crippen molar-refractivity contribution in [1.82, 2.24) is 4.90 Å². The summed E-state index contributed by atoms with van der Waals surface area (Å²) in [5.74, 6) is -1.59. The number of carbonyl (C=O) groups excluding carboxylic acids is 1. The van der Waals surface area contributed by atoms with Gasteiger partial charge >= 0.3 is 12.0 Å². The van der Waals surface area contributed by atoms with Crippen molar-refractivity contribution >= 4 is 17.7 Å². The van der Waals surface area contributed by atoms with Gasteiger partial charge in [-0.05, 0) is 24.6 Å². The number of carbonyl (C=O) groups is 2. The van der Waals surface area contributed by atoms with Crippen LogP contribution < -0.4 is 5.32 Å². The van der Waals surface area contributed by atoms with E-state index >= 15 is 0 Å². The van der Waals surface area contributed by atoms with Crippen LogP contribution in [0.4, 0.5) is 10.5 Å². The third-order valence-corrected chi connectivity index (χ3v) is 3.01. The highest BCUT2D eigenvalue weighted by Crippen LogP contribution is 2.18. The topological polar surface area (TPSA) is 93.4 Å². The van der Waals surface area contributed by atoms with Gasteiger partial charge in [-0.1, -0.05) is 13.0 Å². The molecule has 6 nitrogen and oxygen atoms in total. The molecule has 1 aromatic carbocycles. The molecule has 20 heavy (non-hydrogen) atoms. The quantitative estimate of drug-likeness (QED) is 0.879. The lowest BCUT2D eigenvalue weighted by atomic mass is 10.1. The average molecular weight is 275 g/mol. The first-order chi connectivity index (χ1) is 9.36. The van der Waals surface area contributed by atoms with E-state index in [4.69, 9.17) is 10.4 Å². The zero-order chi connectivity index (χ0) is 15.3. The highest BCUT2D eigenvalue weighted by atomic mass is 16.4. The second kappa shape index (κ2) is 6.57. The molecule has 0 spiro atoms. The van der Waals surface area contributed by atoms with Crippen molar-refractivity contribution in [3.63, 3.8) is 0 Å². The average Bonchev–Trinajstić information content (AvgIpc) is 2.40. The van der Waals surface area contributed by atoms with Crippen LogP contribution in [-0.4, -0.2) is 35.6 Å². The summed E-state index contributed by atoms with van der Waals surface area (Å²) >= 11 is 0. The summed E-state index contributed by atoms with van der Waals surface area (Å²) in [5.41, 5.74) is 1.72.